The first-order valence-electron chi connectivity index (χ1n) is 5.33. The van der Waals surface area contributed by atoms with E-state index in [0.717, 1.165) is 12.1 Å². The average Bonchev–Trinajstić information content (AvgIpc) is 2.77. The Labute approximate surface area is 87.3 Å². The first kappa shape index (κ1) is 8.79. The number of pyridine rings is 1. The van der Waals surface area contributed by atoms with Crippen LogP contribution in [0.2, 0.25) is 0 Å². The van der Waals surface area contributed by atoms with Crippen LogP contribution < -0.4 is 5.32 Å². The fourth-order valence-corrected chi connectivity index (χ4v) is 2.08. The molecule has 1 atom stereocenters. The zero-order valence-electron chi connectivity index (χ0n) is 8.40. The lowest BCUT2D eigenvalue weighted by Crippen LogP contribution is -2.26. The number of H-pyrrole nitrogens is 1. The maximum absolute atomic E-state index is 4.27. The zero-order chi connectivity index (χ0) is 10.1. The molecule has 0 spiro atoms. The smallest absolute Gasteiger partial charge is 0.201 e. The van der Waals surface area contributed by atoms with E-state index in [-0.39, 0.29) is 0 Å². The van der Waals surface area contributed by atoms with Crippen LogP contribution in [0.25, 0.3) is 11.2 Å². The minimum Gasteiger partial charge on any atom is -0.310 e. The van der Waals surface area contributed by atoms with Crippen LogP contribution >= 0.6 is 0 Å². The van der Waals surface area contributed by atoms with Crippen molar-refractivity contribution >= 4 is 11.2 Å². The second-order valence-electron chi connectivity index (χ2n) is 3.94. The molecule has 1 unspecified atom stereocenters. The molecule has 0 amide bonds. The number of hydrogen-bond acceptors (Lipinski definition) is 4. The van der Waals surface area contributed by atoms with E-state index < -0.39 is 0 Å². The van der Waals surface area contributed by atoms with Crippen LogP contribution in [0.5, 0.6) is 0 Å². The van der Waals surface area contributed by atoms with Gasteiger partial charge < -0.3 is 5.32 Å². The molecule has 2 aromatic rings. The van der Waals surface area contributed by atoms with E-state index in [1.807, 2.05) is 6.20 Å². The van der Waals surface area contributed by atoms with Crippen molar-refractivity contribution in [2.45, 2.75) is 25.3 Å². The molecule has 1 fully saturated rings. The highest BCUT2D eigenvalue weighted by Gasteiger charge is 2.15. The lowest BCUT2D eigenvalue weighted by atomic mass is 9.99. The van der Waals surface area contributed by atoms with Gasteiger partial charge in [0.1, 0.15) is 5.52 Å². The van der Waals surface area contributed by atoms with E-state index in [4.69, 9.17) is 0 Å². The van der Waals surface area contributed by atoms with Gasteiger partial charge >= 0.3 is 0 Å². The third-order valence-electron chi connectivity index (χ3n) is 2.91. The molecule has 2 aromatic heterocycles. The van der Waals surface area contributed by atoms with Gasteiger partial charge in [-0.1, -0.05) is 6.42 Å². The van der Waals surface area contributed by atoms with Crippen molar-refractivity contribution < 1.29 is 0 Å². The van der Waals surface area contributed by atoms with Gasteiger partial charge in [-0.15, -0.1) is 5.10 Å². The third kappa shape index (κ3) is 1.59. The molecule has 1 saturated heterocycles. The standard InChI is InChI=1S/C10H13N5/c1-2-4-11-8(3-1)7-5-9-10(12-6-7)14-15-13-9/h5-6,8,11H,1-4H2,(H,12,13,14,15). The summed E-state index contributed by atoms with van der Waals surface area (Å²) in [7, 11) is 0. The fraction of sp³-hybridized carbons (Fsp3) is 0.500. The summed E-state index contributed by atoms with van der Waals surface area (Å²) in [4.78, 5) is 4.27. The first-order valence-corrected chi connectivity index (χ1v) is 5.33. The molecule has 3 heterocycles. The number of aromatic amines is 1. The van der Waals surface area contributed by atoms with Gasteiger partial charge in [-0.05, 0) is 31.0 Å². The number of piperidine rings is 1. The van der Waals surface area contributed by atoms with Crippen LogP contribution in [0, 0.1) is 0 Å². The maximum Gasteiger partial charge on any atom is 0.201 e. The van der Waals surface area contributed by atoms with Crippen molar-refractivity contribution in [3.8, 4) is 0 Å². The van der Waals surface area contributed by atoms with E-state index in [1.165, 1.54) is 24.8 Å². The van der Waals surface area contributed by atoms with Crippen LogP contribution in [0.4, 0.5) is 0 Å². The van der Waals surface area contributed by atoms with Gasteiger partial charge in [-0.25, -0.2) is 4.98 Å². The van der Waals surface area contributed by atoms with Crippen LogP contribution in [0.3, 0.4) is 0 Å². The molecule has 5 heteroatoms. The minimum absolute atomic E-state index is 0.437. The Morgan fingerprint density at radius 1 is 1.27 bits per heavy atom. The fourth-order valence-electron chi connectivity index (χ4n) is 2.08. The van der Waals surface area contributed by atoms with Crippen LogP contribution in [-0.2, 0) is 0 Å². The summed E-state index contributed by atoms with van der Waals surface area (Å²) in [5, 5.41) is 14.1. The number of nitrogens with zero attached hydrogens (tertiary/aromatic N) is 3. The highest BCUT2D eigenvalue weighted by atomic mass is 15.3. The molecule has 1 aliphatic rings. The molecule has 0 bridgehead atoms. The van der Waals surface area contributed by atoms with Crippen molar-refractivity contribution in [2.24, 2.45) is 0 Å². The first-order chi connectivity index (χ1) is 7.43. The summed E-state index contributed by atoms with van der Waals surface area (Å²) in [6, 6.07) is 2.50. The summed E-state index contributed by atoms with van der Waals surface area (Å²) >= 11 is 0. The quantitative estimate of drug-likeness (QED) is 0.730. The molecule has 15 heavy (non-hydrogen) atoms. The molecular formula is C10H13N5. The molecular weight excluding hydrogens is 190 g/mol. The summed E-state index contributed by atoms with van der Waals surface area (Å²) in [6.45, 7) is 1.10. The van der Waals surface area contributed by atoms with Gasteiger partial charge in [-0.3, -0.25) is 0 Å². The van der Waals surface area contributed by atoms with Crippen LogP contribution in [-0.4, -0.2) is 26.9 Å². The Morgan fingerprint density at radius 3 is 3.13 bits per heavy atom. The molecule has 3 rings (SSSR count). The molecule has 0 radical (unpaired) electrons. The topological polar surface area (TPSA) is 66.5 Å². The lowest BCUT2D eigenvalue weighted by molar-refractivity contribution is 0.412. The number of nitrogens with one attached hydrogen (secondary N) is 2. The van der Waals surface area contributed by atoms with Crippen molar-refractivity contribution in [3.05, 3.63) is 17.8 Å². The molecule has 78 valence electrons. The summed E-state index contributed by atoms with van der Waals surface area (Å²) < 4.78 is 0. The van der Waals surface area contributed by atoms with Gasteiger partial charge in [-0.2, -0.15) is 10.3 Å². The Bertz CT molecular complexity index is 458. The van der Waals surface area contributed by atoms with E-state index in [2.05, 4.69) is 31.8 Å². The largest absolute Gasteiger partial charge is 0.310 e. The van der Waals surface area contributed by atoms with E-state index >= 15 is 0 Å². The highest BCUT2D eigenvalue weighted by Crippen LogP contribution is 2.23. The second kappa shape index (κ2) is 3.58. The average molecular weight is 203 g/mol. The van der Waals surface area contributed by atoms with Crippen LogP contribution in [0.1, 0.15) is 30.9 Å². The summed E-state index contributed by atoms with van der Waals surface area (Å²) in [5.74, 6) is 0. The van der Waals surface area contributed by atoms with Gasteiger partial charge in [0.25, 0.3) is 0 Å². The minimum atomic E-state index is 0.437. The Morgan fingerprint density at radius 2 is 2.27 bits per heavy atom. The second-order valence-corrected chi connectivity index (χ2v) is 3.94. The van der Waals surface area contributed by atoms with Gasteiger partial charge in [0.05, 0.1) is 0 Å². The molecule has 0 saturated carbocycles. The maximum atomic E-state index is 4.27. The predicted octanol–water partition coefficient (Wildman–Crippen LogP) is 1.17. The predicted molar refractivity (Wildman–Crippen MR) is 56.3 cm³/mol. The normalized spacial score (nSPS) is 22.0. The van der Waals surface area contributed by atoms with Crippen LogP contribution in [0.15, 0.2) is 12.3 Å². The van der Waals surface area contributed by atoms with Gasteiger partial charge in [0.2, 0.25) is 5.65 Å². The van der Waals surface area contributed by atoms with Crippen molar-refractivity contribution in [3.63, 3.8) is 0 Å². The van der Waals surface area contributed by atoms with Crippen molar-refractivity contribution in [1.29, 1.82) is 0 Å². The zero-order valence-corrected chi connectivity index (χ0v) is 8.40. The summed E-state index contributed by atoms with van der Waals surface area (Å²) in [5.41, 5.74) is 2.76. The molecule has 5 nitrogen and oxygen atoms in total. The number of hydrogen-bond donors (Lipinski definition) is 2. The molecule has 1 aliphatic heterocycles. The molecule has 0 aliphatic carbocycles. The van der Waals surface area contributed by atoms with Crippen molar-refractivity contribution in [2.75, 3.05) is 6.54 Å². The number of rotatable bonds is 1. The lowest BCUT2D eigenvalue weighted by Gasteiger charge is -2.23. The third-order valence-corrected chi connectivity index (χ3v) is 2.91. The van der Waals surface area contributed by atoms with E-state index in [0.29, 0.717) is 11.7 Å². The Balaban J connectivity index is 1.95. The monoisotopic (exact) mass is 203 g/mol. The number of fused-ring (bicyclic) bond motifs is 1. The SMILES string of the molecule is c1nc2n[nH]nc2cc1C1CCCCN1. The highest BCUT2D eigenvalue weighted by molar-refractivity contribution is 5.69. The van der Waals surface area contributed by atoms with Gasteiger partial charge in [0, 0.05) is 12.2 Å². The van der Waals surface area contributed by atoms with Crippen molar-refractivity contribution in [1.82, 2.24) is 25.7 Å². The number of aromatic nitrogens is 4. The van der Waals surface area contributed by atoms with E-state index in [1.54, 1.807) is 0 Å². The van der Waals surface area contributed by atoms with E-state index in [9.17, 15) is 0 Å². The molecule has 0 aromatic carbocycles. The Kier molecular flexibility index (Phi) is 2.10. The molecule has 2 N–H and O–H groups in total. The van der Waals surface area contributed by atoms with Gasteiger partial charge in [0.15, 0.2) is 0 Å². The summed E-state index contributed by atoms with van der Waals surface area (Å²) in [6.07, 6.45) is 5.64. The Hall–Kier alpha value is -1.49.